The summed E-state index contributed by atoms with van der Waals surface area (Å²) in [6.07, 6.45) is 18.6. The van der Waals surface area contributed by atoms with E-state index in [4.69, 9.17) is 16.2 Å². The smallest absolute Gasteiger partial charge is 0.330 e. The SMILES string of the molecule is CCCCCCCCCCC=CC(=O)OCCCC(N)CCCN. The number of carbonyl (C=O) groups excluding carboxylic acids is 1. The lowest BCUT2D eigenvalue weighted by Crippen LogP contribution is -2.21. The molecule has 0 fully saturated rings. The summed E-state index contributed by atoms with van der Waals surface area (Å²) in [7, 11) is 0. The number of unbranched alkanes of at least 4 members (excludes halogenated alkanes) is 8. The first-order valence-electron chi connectivity index (χ1n) is 9.99. The van der Waals surface area contributed by atoms with Gasteiger partial charge in [-0.05, 0) is 45.1 Å². The van der Waals surface area contributed by atoms with Crippen molar-refractivity contribution in [2.24, 2.45) is 11.5 Å². The standard InChI is InChI=1S/C20H40N2O2/c1-2-3-4-5-6-7-8-9-10-11-16-20(23)24-18-13-15-19(22)14-12-17-21/h11,16,19H,2-10,12-15,17-18,21-22H2,1H3. The molecule has 0 aromatic heterocycles. The van der Waals surface area contributed by atoms with E-state index in [1.54, 1.807) is 6.08 Å². The quantitative estimate of drug-likeness (QED) is 0.233. The summed E-state index contributed by atoms with van der Waals surface area (Å²) in [5.74, 6) is -0.231. The van der Waals surface area contributed by atoms with E-state index in [0.29, 0.717) is 13.2 Å². The zero-order valence-electron chi connectivity index (χ0n) is 15.8. The Kier molecular flexibility index (Phi) is 17.8. The van der Waals surface area contributed by atoms with E-state index in [-0.39, 0.29) is 12.0 Å². The van der Waals surface area contributed by atoms with Gasteiger partial charge in [0.25, 0.3) is 0 Å². The molecule has 0 aromatic rings. The molecule has 0 heterocycles. The largest absolute Gasteiger partial charge is 0.463 e. The average Bonchev–Trinajstić information content (AvgIpc) is 2.58. The fourth-order valence-corrected chi connectivity index (χ4v) is 2.67. The van der Waals surface area contributed by atoms with Crippen LogP contribution >= 0.6 is 0 Å². The molecule has 4 nitrogen and oxygen atoms in total. The molecule has 4 heteroatoms. The zero-order chi connectivity index (χ0) is 17.9. The van der Waals surface area contributed by atoms with Gasteiger partial charge in [-0.2, -0.15) is 0 Å². The van der Waals surface area contributed by atoms with Gasteiger partial charge in [-0.15, -0.1) is 0 Å². The average molecular weight is 341 g/mol. The minimum Gasteiger partial charge on any atom is -0.463 e. The molecule has 142 valence electrons. The van der Waals surface area contributed by atoms with Crippen LogP contribution in [-0.4, -0.2) is 25.2 Å². The Morgan fingerprint density at radius 1 is 0.958 bits per heavy atom. The van der Waals surface area contributed by atoms with Crippen LogP contribution in [0.15, 0.2) is 12.2 Å². The van der Waals surface area contributed by atoms with Crippen molar-refractivity contribution in [3.05, 3.63) is 12.2 Å². The fourth-order valence-electron chi connectivity index (χ4n) is 2.67. The number of rotatable bonds is 17. The van der Waals surface area contributed by atoms with Crippen molar-refractivity contribution >= 4 is 5.97 Å². The minimum atomic E-state index is -0.231. The predicted molar refractivity (Wildman–Crippen MR) is 103 cm³/mol. The molecule has 0 radical (unpaired) electrons. The molecule has 0 aliphatic rings. The van der Waals surface area contributed by atoms with E-state index in [9.17, 15) is 4.79 Å². The van der Waals surface area contributed by atoms with Crippen LogP contribution in [0.3, 0.4) is 0 Å². The van der Waals surface area contributed by atoms with Crippen molar-refractivity contribution in [2.75, 3.05) is 13.2 Å². The maximum Gasteiger partial charge on any atom is 0.330 e. The maximum absolute atomic E-state index is 11.5. The Hall–Kier alpha value is -0.870. The normalized spacial score (nSPS) is 12.6. The summed E-state index contributed by atoms with van der Waals surface area (Å²) in [5.41, 5.74) is 11.4. The molecule has 0 saturated heterocycles. The molecular weight excluding hydrogens is 300 g/mol. The fraction of sp³-hybridized carbons (Fsp3) is 0.850. The molecule has 0 bridgehead atoms. The third-order valence-corrected chi connectivity index (χ3v) is 4.22. The van der Waals surface area contributed by atoms with Crippen LogP contribution in [0.25, 0.3) is 0 Å². The van der Waals surface area contributed by atoms with Crippen molar-refractivity contribution in [2.45, 2.75) is 96.4 Å². The van der Waals surface area contributed by atoms with Crippen molar-refractivity contribution in [3.63, 3.8) is 0 Å². The van der Waals surface area contributed by atoms with E-state index in [2.05, 4.69) is 6.92 Å². The zero-order valence-corrected chi connectivity index (χ0v) is 15.8. The van der Waals surface area contributed by atoms with Crippen LogP contribution in [0.4, 0.5) is 0 Å². The molecule has 4 N–H and O–H groups in total. The number of carbonyl (C=O) groups is 1. The van der Waals surface area contributed by atoms with Crippen LogP contribution in [0.5, 0.6) is 0 Å². The molecule has 0 saturated carbocycles. The van der Waals surface area contributed by atoms with Crippen LogP contribution in [-0.2, 0) is 9.53 Å². The van der Waals surface area contributed by atoms with Gasteiger partial charge < -0.3 is 16.2 Å². The molecule has 0 rings (SSSR count). The summed E-state index contributed by atoms with van der Waals surface area (Å²) in [6.45, 7) is 3.39. The number of hydrogen-bond acceptors (Lipinski definition) is 4. The van der Waals surface area contributed by atoms with Gasteiger partial charge in [0, 0.05) is 12.1 Å². The maximum atomic E-state index is 11.5. The van der Waals surface area contributed by atoms with E-state index >= 15 is 0 Å². The Bertz CT molecular complexity index is 306. The van der Waals surface area contributed by atoms with Gasteiger partial charge in [0.15, 0.2) is 0 Å². The molecule has 1 unspecified atom stereocenters. The van der Waals surface area contributed by atoms with Crippen LogP contribution in [0.2, 0.25) is 0 Å². The van der Waals surface area contributed by atoms with E-state index in [1.807, 2.05) is 6.08 Å². The highest BCUT2D eigenvalue weighted by molar-refractivity contribution is 5.81. The minimum absolute atomic E-state index is 0.171. The molecular formula is C20H40N2O2. The van der Waals surface area contributed by atoms with Crippen molar-refractivity contribution in [1.82, 2.24) is 0 Å². The van der Waals surface area contributed by atoms with Gasteiger partial charge in [-0.3, -0.25) is 0 Å². The lowest BCUT2D eigenvalue weighted by molar-refractivity contribution is -0.137. The molecule has 0 aliphatic carbocycles. The van der Waals surface area contributed by atoms with Gasteiger partial charge in [-0.1, -0.05) is 57.9 Å². The summed E-state index contributed by atoms with van der Waals surface area (Å²) in [6, 6.07) is 0.171. The van der Waals surface area contributed by atoms with Gasteiger partial charge in [0.2, 0.25) is 0 Å². The van der Waals surface area contributed by atoms with Crippen molar-refractivity contribution in [1.29, 1.82) is 0 Å². The lowest BCUT2D eigenvalue weighted by atomic mass is 10.1. The number of nitrogens with two attached hydrogens (primary N) is 2. The second-order valence-corrected chi connectivity index (χ2v) is 6.67. The number of hydrogen-bond donors (Lipinski definition) is 2. The highest BCUT2D eigenvalue weighted by atomic mass is 16.5. The summed E-state index contributed by atoms with van der Waals surface area (Å²) in [5, 5.41) is 0. The molecule has 0 aromatic carbocycles. The molecule has 0 aliphatic heterocycles. The van der Waals surface area contributed by atoms with Crippen LogP contribution in [0, 0.1) is 0 Å². The molecule has 24 heavy (non-hydrogen) atoms. The highest BCUT2D eigenvalue weighted by Gasteiger charge is 2.03. The first-order chi connectivity index (χ1) is 11.7. The third kappa shape index (κ3) is 17.5. The molecule has 0 amide bonds. The molecule has 0 spiro atoms. The Morgan fingerprint density at radius 3 is 2.25 bits per heavy atom. The van der Waals surface area contributed by atoms with Crippen molar-refractivity contribution < 1.29 is 9.53 Å². The second-order valence-electron chi connectivity index (χ2n) is 6.67. The Labute approximate surface area is 149 Å². The van der Waals surface area contributed by atoms with Gasteiger partial charge in [-0.25, -0.2) is 4.79 Å². The topological polar surface area (TPSA) is 78.3 Å². The number of esters is 1. The Balaban J connectivity index is 3.36. The summed E-state index contributed by atoms with van der Waals surface area (Å²) >= 11 is 0. The highest BCUT2D eigenvalue weighted by Crippen LogP contribution is 2.09. The van der Waals surface area contributed by atoms with E-state index < -0.39 is 0 Å². The monoisotopic (exact) mass is 340 g/mol. The van der Waals surface area contributed by atoms with Crippen molar-refractivity contribution in [3.8, 4) is 0 Å². The van der Waals surface area contributed by atoms with Gasteiger partial charge in [0.1, 0.15) is 0 Å². The number of allylic oxidation sites excluding steroid dienone is 1. The van der Waals surface area contributed by atoms with Gasteiger partial charge in [0.05, 0.1) is 6.61 Å². The predicted octanol–water partition coefficient (Wildman–Crippen LogP) is 4.46. The first-order valence-corrected chi connectivity index (χ1v) is 9.99. The Morgan fingerprint density at radius 2 is 1.58 bits per heavy atom. The summed E-state index contributed by atoms with van der Waals surface area (Å²) < 4.78 is 5.17. The van der Waals surface area contributed by atoms with Crippen LogP contribution in [0.1, 0.15) is 90.4 Å². The second kappa shape index (κ2) is 18.5. The first kappa shape index (κ1) is 23.1. The van der Waals surface area contributed by atoms with E-state index in [0.717, 1.165) is 38.5 Å². The van der Waals surface area contributed by atoms with Gasteiger partial charge >= 0.3 is 5.97 Å². The summed E-state index contributed by atoms with van der Waals surface area (Å²) in [4.78, 5) is 11.5. The van der Waals surface area contributed by atoms with E-state index in [1.165, 1.54) is 44.9 Å². The van der Waals surface area contributed by atoms with Crippen LogP contribution < -0.4 is 11.5 Å². The number of ether oxygens (including phenoxy) is 1. The third-order valence-electron chi connectivity index (χ3n) is 4.22. The molecule has 1 atom stereocenters. The lowest BCUT2D eigenvalue weighted by Gasteiger charge is -2.10.